The van der Waals surface area contributed by atoms with Crippen LogP contribution in [-0.4, -0.2) is 57.2 Å². The number of nitrogens with zero attached hydrogens (tertiary/aromatic N) is 2. The zero-order valence-corrected chi connectivity index (χ0v) is 16.1. The van der Waals surface area contributed by atoms with Crippen LogP contribution in [0.15, 0.2) is 29.3 Å². The van der Waals surface area contributed by atoms with E-state index in [0.29, 0.717) is 0 Å². The van der Waals surface area contributed by atoms with E-state index in [2.05, 4.69) is 39.6 Å². The molecule has 0 amide bonds. The first-order valence-electron chi connectivity index (χ1n) is 9.58. The summed E-state index contributed by atoms with van der Waals surface area (Å²) in [7, 11) is 3.53. The maximum absolute atomic E-state index is 5.19. The third kappa shape index (κ3) is 6.58. The Labute approximate surface area is 152 Å². The summed E-state index contributed by atoms with van der Waals surface area (Å²) < 4.78 is 5.19. The van der Waals surface area contributed by atoms with E-state index < -0.39 is 0 Å². The fourth-order valence-corrected chi connectivity index (χ4v) is 3.47. The number of benzene rings is 1. The van der Waals surface area contributed by atoms with Crippen molar-refractivity contribution in [1.29, 1.82) is 0 Å². The number of rotatable bonds is 8. The second kappa shape index (κ2) is 11.0. The van der Waals surface area contributed by atoms with Crippen LogP contribution in [0.25, 0.3) is 0 Å². The molecule has 1 aliphatic heterocycles. The zero-order valence-electron chi connectivity index (χ0n) is 16.1. The molecule has 0 bridgehead atoms. The fourth-order valence-electron chi connectivity index (χ4n) is 3.47. The summed E-state index contributed by atoms with van der Waals surface area (Å²) in [5.41, 5.74) is 1.29. The average molecular weight is 347 g/mol. The van der Waals surface area contributed by atoms with Gasteiger partial charge in [-0.05, 0) is 49.9 Å². The molecule has 2 N–H and O–H groups in total. The number of piperidine rings is 1. The predicted octanol–water partition coefficient (Wildman–Crippen LogP) is 2.67. The molecule has 0 aromatic heterocycles. The molecule has 0 spiro atoms. The lowest BCUT2D eigenvalue weighted by Crippen LogP contribution is -2.46. The van der Waals surface area contributed by atoms with E-state index >= 15 is 0 Å². The fraction of sp³-hybridized carbons (Fsp3) is 0.650. The first kappa shape index (κ1) is 19.6. The van der Waals surface area contributed by atoms with Crippen LogP contribution in [0.4, 0.5) is 0 Å². The largest absolute Gasteiger partial charge is 0.497 e. The number of aliphatic imine (C=N–C) groups is 1. The van der Waals surface area contributed by atoms with Crippen molar-refractivity contribution in [3.63, 3.8) is 0 Å². The Hall–Kier alpha value is -1.75. The van der Waals surface area contributed by atoms with Gasteiger partial charge in [-0.3, -0.25) is 9.89 Å². The molecule has 140 valence electrons. The van der Waals surface area contributed by atoms with Gasteiger partial charge in [-0.15, -0.1) is 0 Å². The summed E-state index contributed by atoms with van der Waals surface area (Å²) >= 11 is 0. The van der Waals surface area contributed by atoms with Crippen LogP contribution >= 0.6 is 0 Å². The van der Waals surface area contributed by atoms with Crippen LogP contribution in [0.3, 0.4) is 0 Å². The zero-order chi connectivity index (χ0) is 17.9. The number of nitrogens with one attached hydrogen (secondary N) is 2. The van der Waals surface area contributed by atoms with Crippen LogP contribution in [0, 0.1) is 0 Å². The minimum atomic E-state index is 0.764. The predicted molar refractivity (Wildman–Crippen MR) is 106 cm³/mol. The van der Waals surface area contributed by atoms with Crippen molar-refractivity contribution in [2.75, 3.05) is 40.3 Å². The van der Waals surface area contributed by atoms with Crippen molar-refractivity contribution in [3.05, 3.63) is 29.8 Å². The van der Waals surface area contributed by atoms with Crippen molar-refractivity contribution in [2.24, 2.45) is 4.99 Å². The molecule has 1 aromatic carbocycles. The maximum atomic E-state index is 5.19. The number of likely N-dealkylation sites (tertiary alicyclic amines) is 1. The topological polar surface area (TPSA) is 48.9 Å². The highest BCUT2D eigenvalue weighted by molar-refractivity contribution is 5.79. The monoisotopic (exact) mass is 346 g/mol. The smallest absolute Gasteiger partial charge is 0.191 e. The molecule has 5 nitrogen and oxygen atoms in total. The highest BCUT2D eigenvalue weighted by Gasteiger charge is 2.19. The number of ether oxygens (including phenoxy) is 1. The minimum Gasteiger partial charge on any atom is -0.497 e. The van der Waals surface area contributed by atoms with Crippen LogP contribution in [0.1, 0.15) is 38.2 Å². The molecule has 0 radical (unpaired) electrons. The molecule has 1 saturated heterocycles. The third-order valence-corrected chi connectivity index (χ3v) is 5.00. The van der Waals surface area contributed by atoms with Gasteiger partial charge >= 0.3 is 0 Å². The highest BCUT2D eigenvalue weighted by atomic mass is 16.5. The standard InChI is InChI=1S/C20H34N4O/c1-4-18-7-5-6-15-24(18)16-14-23-20(21-2)22-13-12-17-8-10-19(25-3)11-9-17/h8-11,18H,4-7,12-16H2,1-3H3,(H2,21,22,23). The van der Waals surface area contributed by atoms with Gasteiger partial charge in [0.2, 0.25) is 0 Å². The third-order valence-electron chi connectivity index (χ3n) is 5.00. The first-order valence-corrected chi connectivity index (χ1v) is 9.58. The van der Waals surface area contributed by atoms with E-state index in [9.17, 15) is 0 Å². The van der Waals surface area contributed by atoms with Gasteiger partial charge in [-0.1, -0.05) is 25.5 Å². The van der Waals surface area contributed by atoms with E-state index in [1.54, 1.807) is 7.11 Å². The minimum absolute atomic E-state index is 0.764. The summed E-state index contributed by atoms with van der Waals surface area (Å²) in [6.45, 7) is 6.45. The quantitative estimate of drug-likeness (QED) is 0.561. The van der Waals surface area contributed by atoms with Crippen molar-refractivity contribution in [3.8, 4) is 5.75 Å². The summed E-state index contributed by atoms with van der Waals surface area (Å²) in [4.78, 5) is 6.95. The molecule has 1 unspecified atom stereocenters. The number of hydrogen-bond donors (Lipinski definition) is 2. The second-order valence-corrected chi connectivity index (χ2v) is 6.62. The van der Waals surface area contributed by atoms with E-state index in [-0.39, 0.29) is 0 Å². The molecule has 1 atom stereocenters. The van der Waals surface area contributed by atoms with E-state index in [0.717, 1.165) is 43.8 Å². The molecule has 1 fully saturated rings. The Bertz CT molecular complexity index is 515. The maximum Gasteiger partial charge on any atom is 0.191 e. The SMILES string of the molecule is CCC1CCCCN1CCNC(=NC)NCCc1ccc(OC)cc1. The van der Waals surface area contributed by atoms with Gasteiger partial charge in [0.1, 0.15) is 5.75 Å². The number of hydrogen-bond acceptors (Lipinski definition) is 3. The van der Waals surface area contributed by atoms with Crippen LogP contribution < -0.4 is 15.4 Å². The lowest BCUT2D eigenvalue weighted by Gasteiger charge is -2.35. The summed E-state index contributed by atoms with van der Waals surface area (Å²) in [5, 5.41) is 6.84. The Morgan fingerprint density at radius 3 is 2.64 bits per heavy atom. The van der Waals surface area contributed by atoms with E-state index in [1.807, 2.05) is 19.2 Å². The van der Waals surface area contributed by atoms with Gasteiger partial charge in [0.05, 0.1) is 7.11 Å². The van der Waals surface area contributed by atoms with Crippen molar-refractivity contribution >= 4 is 5.96 Å². The molecule has 0 aliphatic carbocycles. The van der Waals surface area contributed by atoms with E-state index in [1.165, 1.54) is 37.8 Å². The molecule has 0 saturated carbocycles. The van der Waals surface area contributed by atoms with Gasteiger partial charge in [-0.2, -0.15) is 0 Å². The van der Waals surface area contributed by atoms with Crippen molar-refractivity contribution in [1.82, 2.24) is 15.5 Å². The van der Waals surface area contributed by atoms with Gasteiger partial charge in [0, 0.05) is 32.7 Å². The lowest BCUT2D eigenvalue weighted by atomic mass is 10.0. The molecule has 1 aliphatic rings. The van der Waals surface area contributed by atoms with Crippen LogP contribution in [-0.2, 0) is 6.42 Å². The Morgan fingerprint density at radius 2 is 1.96 bits per heavy atom. The Balaban J connectivity index is 1.66. The van der Waals surface area contributed by atoms with Crippen molar-refractivity contribution in [2.45, 2.75) is 45.1 Å². The normalized spacial score (nSPS) is 18.8. The molecule has 25 heavy (non-hydrogen) atoms. The van der Waals surface area contributed by atoms with E-state index in [4.69, 9.17) is 4.74 Å². The molecule has 1 aromatic rings. The van der Waals surface area contributed by atoms with Gasteiger partial charge < -0.3 is 15.4 Å². The van der Waals surface area contributed by atoms with Gasteiger partial charge in [0.25, 0.3) is 0 Å². The second-order valence-electron chi connectivity index (χ2n) is 6.62. The Morgan fingerprint density at radius 1 is 1.20 bits per heavy atom. The Kier molecular flexibility index (Phi) is 8.60. The molecule has 2 rings (SSSR count). The van der Waals surface area contributed by atoms with Gasteiger partial charge in [0.15, 0.2) is 5.96 Å². The van der Waals surface area contributed by atoms with Gasteiger partial charge in [-0.25, -0.2) is 0 Å². The first-order chi connectivity index (χ1) is 12.3. The average Bonchev–Trinajstić information content (AvgIpc) is 2.67. The summed E-state index contributed by atoms with van der Waals surface area (Å²) in [6, 6.07) is 8.99. The summed E-state index contributed by atoms with van der Waals surface area (Å²) in [6.07, 6.45) is 6.30. The van der Waals surface area contributed by atoms with Crippen LogP contribution in [0.2, 0.25) is 0 Å². The lowest BCUT2D eigenvalue weighted by molar-refractivity contribution is 0.147. The van der Waals surface area contributed by atoms with Crippen molar-refractivity contribution < 1.29 is 4.74 Å². The van der Waals surface area contributed by atoms with Crippen LogP contribution in [0.5, 0.6) is 5.75 Å². The number of guanidine groups is 1. The highest BCUT2D eigenvalue weighted by Crippen LogP contribution is 2.18. The molecular weight excluding hydrogens is 312 g/mol. The molecule has 5 heteroatoms. The number of methoxy groups -OCH3 is 1. The molecule has 1 heterocycles. The summed E-state index contributed by atoms with van der Waals surface area (Å²) in [5.74, 6) is 1.79. The molecular formula is C20H34N4O.